The van der Waals surface area contributed by atoms with Gasteiger partial charge in [-0.05, 0) is 56.8 Å². The Kier molecular flexibility index (Phi) is 20.5. The van der Waals surface area contributed by atoms with Crippen molar-refractivity contribution in [3.63, 3.8) is 0 Å². The third-order valence-corrected chi connectivity index (χ3v) is 11.7. The highest BCUT2D eigenvalue weighted by molar-refractivity contribution is 5.79. The van der Waals surface area contributed by atoms with Gasteiger partial charge in [-0.2, -0.15) is 0 Å². The largest absolute Gasteiger partial charge is 0.481 e. The maximum Gasteiger partial charge on any atom is 0.311 e. The number of aliphatic hydroxyl groups is 10. The van der Waals surface area contributed by atoms with Crippen molar-refractivity contribution >= 4 is 11.8 Å². The fourth-order valence-electron chi connectivity index (χ4n) is 7.63. The van der Waals surface area contributed by atoms with Gasteiger partial charge < -0.3 is 76.1 Å². The number of carbonyl (C=O) groups excluding carboxylic acids is 1. The van der Waals surface area contributed by atoms with E-state index in [0.717, 1.165) is 6.42 Å². The third-order valence-electron chi connectivity index (χ3n) is 11.7. The second-order valence-corrected chi connectivity index (χ2v) is 16.4. The molecule has 324 valence electrons. The van der Waals surface area contributed by atoms with Crippen LogP contribution in [0.5, 0.6) is 0 Å². The summed E-state index contributed by atoms with van der Waals surface area (Å²) in [6, 6.07) is -1.07. The first-order chi connectivity index (χ1) is 25.5. The van der Waals surface area contributed by atoms with Crippen molar-refractivity contribution in [2.75, 3.05) is 0 Å². The maximum atomic E-state index is 12.6. The van der Waals surface area contributed by atoms with Crippen LogP contribution in [-0.4, -0.2) is 159 Å². The van der Waals surface area contributed by atoms with Crippen molar-refractivity contribution in [2.24, 2.45) is 29.4 Å². The van der Waals surface area contributed by atoms with Crippen molar-refractivity contribution in [2.45, 2.75) is 204 Å². The highest BCUT2D eigenvalue weighted by atomic mass is 16.7. The molecule has 55 heavy (non-hydrogen) atoms. The van der Waals surface area contributed by atoms with Gasteiger partial charge in [-0.25, -0.2) is 0 Å². The molecule has 19 atom stereocenters. The minimum Gasteiger partial charge on any atom is -0.481 e. The van der Waals surface area contributed by atoms with Gasteiger partial charge in [0.15, 0.2) is 12.1 Å². The fourth-order valence-corrected chi connectivity index (χ4v) is 7.63. The number of carboxylic acids is 1. The summed E-state index contributed by atoms with van der Waals surface area (Å²) in [6.45, 7) is 11.0. The summed E-state index contributed by atoms with van der Waals surface area (Å²) in [7, 11) is 0. The summed E-state index contributed by atoms with van der Waals surface area (Å²) in [5.74, 6) is -5.52. The minimum atomic E-state index is -2.28. The highest BCUT2D eigenvalue weighted by Crippen LogP contribution is 2.38. The van der Waals surface area contributed by atoms with E-state index >= 15 is 0 Å². The van der Waals surface area contributed by atoms with Gasteiger partial charge in [-0.3, -0.25) is 9.59 Å². The Labute approximate surface area is 324 Å². The van der Waals surface area contributed by atoms with Crippen LogP contribution in [0.4, 0.5) is 0 Å². The molecule has 2 fully saturated rings. The number of ether oxygens (including phenoxy) is 3. The predicted molar refractivity (Wildman–Crippen MR) is 197 cm³/mol. The molecule has 0 bridgehead atoms. The van der Waals surface area contributed by atoms with Crippen LogP contribution < -0.4 is 5.73 Å². The molecular weight excluding hydrogens is 726 g/mol. The third kappa shape index (κ3) is 15.0. The van der Waals surface area contributed by atoms with Crippen molar-refractivity contribution in [1.29, 1.82) is 0 Å². The molecule has 2 aliphatic heterocycles. The Hall–Kier alpha value is -1.42. The van der Waals surface area contributed by atoms with E-state index in [2.05, 4.69) is 0 Å². The summed E-state index contributed by atoms with van der Waals surface area (Å²) in [4.78, 5) is 24.7. The van der Waals surface area contributed by atoms with Crippen LogP contribution in [0, 0.1) is 23.7 Å². The molecule has 0 aliphatic carbocycles. The first kappa shape index (κ1) is 49.7. The lowest BCUT2D eigenvalue weighted by atomic mass is 9.81. The number of hydrogen-bond acceptors (Lipinski definition) is 16. The van der Waals surface area contributed by atoms with E-state index in [1.807, 2.05) is 27.7 Å². The number of hydrogen-bond donors (Lipinski definition) is 12. The number of Topliss-reactive ketones (excluding diaryl/α,β-unsaturated/α-hetero) is 1. The Bertz CT molecular complexity index is 1150. The van der Waals surface area contributed by atoms with E-state index in [1.165, 1.54) is 0 Å². The second-order valence-electron chi connectivity index (χ2n) is 16.4. The van der Waals surface area contributed by atoms with E-state index in [1.54, 1.807) is 13.8 Å². The van der Waals surface area contributed by atoms with E-state index in [4.69, 9.17) is 19.9 Å². The quantitative estimate of drug-likeness (QED) is 0.0574. The first-order valence-electron chi connectivity index (χ1n) is 19.9. The Morgan fingerprint density at radius 2 is 1.47 bits per heavy atom. The molecule has 0 aromatic rings. The summed E-state index contributed by atoms with van der Waals surface area (Å²) in [5.41, 5.74) is 5.89. The number of aliphatic hydroxyl groups excluding tert-OH is 9. The minimum absolute atomic E-state index is 0.0883. The molecule has 17 nitrogen and oxygen atoms in total. The van der Waals surface area contributed by atoms with Crippen molar-refractivity contribution < 1.29 is 80.0 Å². The van der Waals surface area contributed by atoms with Gasteiger partial charge in [0.2, 0.25) is 0 Å². The van der Waals surface area contributed by atoms with Crippen LogP contribution in [0.25, 0.3) is 0 Å². The normalized spacial score (nSPS) is 34.4. The molecule has 17 heteroatoms. The molecule has 2 heterocycles. The summed E-state index contributed by atoms with van der Waals surface area (Å²) < 4.78 is 17.2. The maximum absolute atomic E-state index is 12.6. The number of ketones is 1. The SMILES string of the molecule is CC[C@@H](C[C@H]1O[C@](O)(C[C@@H](O)[C@H](O)CC[C@@H](O)C[C@@H](O)C[C@@H](O)CC(=O)C[C@@H](C)[C@@H](C)[C@@H](O)[C@@H](C)CC)C[C@H](O)[C@H]1C(=O)O)O[C@@H]1O[C@H](C)[C@@H](O)[C@H](N)[C@@H]1O. The average molecular weight is 798 g/mol. The van der Waals surface area contributed by atoms with Crippen LogP contribution in [0.3, 0.4) is 0 Å². The fraction of sp³-hybridized carbons (Fsp3) is 0.947. The zero-order valence-electron chi connectivity index (χ0n) is 33.2. The summed E-state index contributed by atoms with van der Waals surface area (Å²) >= 11 is 0. The molecule has 0 spiro atoms. The van der Waals surface area contributed by atoms with Crippen LogP contribution in [0.1, 0.15) is 112 Å². The van der Waals surface area contributed by atoms with Crippen molar-refractivity contribution in [3.8, 4) is 0 Å². The molecule has 0 amide bonds. The molecule has 0 unspecified atom stereocenters. The van der Waals surface area contributed by atoms with Crippen LogP contribution in [0.2, 0.25) is 0 Å². The predicted octanol–water partition coefficient (Wildman–Crippen LogP) is -0.712. The smallest absolute Gasteiger partial charge is 0.311 e. The lowest BCUT2D eigenvalue weighted by molar-refractivity contribution is -0.312. The summed E-state index contributed by atoms with van der Waals surface area (Å²) in [5, 5.41) is 116. The van der Waals surface area contributed by atoms with E-state index in [-0.39, 0.29) is 74.9 Å². The van der Waals surface area contributed by atoms with E-state index < -0.39 is 116 Å². The molecule has 2 aliphatic rings. The molecule has 0 aromatic heterocycles. The van der Waals surface area contributed by atoms with Crippen LogP contribution >= 0.6 is 0 Å². The van der Waals surface area contributed by atoms with Crippen LogP contribution in [0.15, 0.2) is 0 Å². The van der Waals surface area contributed by atoms with E-state index in [9.17, 15) is 65.8 Å². The number of carboxylic acid groups (broad SMARTS) is 1. The molecule has 0 radical (unpaired) electrons. The van der Waals surface area contributed by atoms with Gasteiger partial charge in [-0.1, -0.05) is 41.0 Å². The monoisotopic (exact) mass is 797 g/mol. The molecule has 2 saturated heterocycles. The lowest BCUT2D eigenvalue weighted by Crippen LogP contribution is -2.61. The first-order valence-corrected chi connectivity index (χ1v) is 19.9. The Morgan fingerprint density at radius 1 is 0.855 bits per heavy atom. The van der Waals surface area contributed by atoms with Gasteiger partial charge >= 0.3 is 5.97 Å². The molecule has 0 aromatic carbocycles. The number of nitrogens with two attached hydrogens (primary N) is 1. The average Bonchev–Trinajstić information content (AvgIpc) is 3.09. The zero-order valence-corrected chi connectivity index (χ0v) is 33.2. The number of aliphatic carboxylic acids is 1. The van der Waals surface area contributed by atoms with Crippen LogP contribution in [-0.2, 0) is 23.8 Å². The van der Waals surface area contributed by atoms with E-state index in [0.29, 0.717) is 0 Å². The van der Waals surface area contributed by atoms with Crippen molar-refractivity contribution in [3.05, 3.63) is 0 Å². The second kappa shape index (κ2) is 22.7. The molecular formula is C38H71NO16. The van der Waals surface area contributed by atoms with Gasteiger partial charge in [0.25, 0.3) is 0 Å². The van der Waals surface area contributed by atoms with Gasteiger partial charge in [-0.15, -0.1) is 0 Å². The number of carbonyl (C=O) groups is 2. The Balaban J connectivity index is 1.89. The van der Waals surface area contributed by atoms with Gasteiger partial charge in [0.05, 0.1) is 73.2 Å². The molecule has 0 saturated carbocycles. The lowest BCUT2D eigenvalue weighted by Gasteiger charge is -2.45. The summed E-state index contributed by atoms with van der Waals surface area (Å²) in [6.07, 6.45) is -16.6. The topological polar surface area (TPSA) is 310 Å². The standard InChI is InChI=1S/C38H71NO16/c1-7-18(3)33(47)20(5)19(4)11-23(41)13-25(43)14-24(42)12-22(40)9-10-27(44)28(45)16-38(52)17-29(46)31(36(50)51)30(55-38)15-26(8-2)54-37-35(49)32(39)34(48)21(6)53-37/h18-22,24-35,37,40,42-49,52H,7-17,39H2,1-6H3,(H,50,51)/t18-,19+,20+,21+,22+,24+,25-,26-,27+,28+,29-,30+,31+,32-,33-,34+,35-,37-,38+/m0/s1. The molecule has 2 rings (SSSR count). The van der Waals surface area contributed by atoms with Crippen molar-refractivity contribution in [1.82, 2.24) is 0 Å². The highest BCUT2D eigenvalue weighted by Gasteiger charge is 2.51. The van der Waals surface area contributed by atoms with Gasteiger partial charge in [0, 0.05) is 32.1 Å². The van der Waals surface area contributed by atoms with Gasteiger partial charge in [0.1, 0.15) is 17.8 Å². The number of rotatable bonds is 24. The zero-order chi connectivity index (χ0) is 41.9. The Morgan fingerprint density at radius 3 is 2.05 bits per heavy atom. The molecule has 13 N–H and O–H groups in total.